The average Bonchev–Trinajstić information content (AvgIpc) is 2.05. The highest BCUT2D eigenvalue weighted by atomic mass is 79.9. The number of benzene rings is 1. The molecule has 0 aliphatic carbocycles. The Hall–Kier alpha value is -0.340. The highest BCUT2D eigenvalue weighted by molar-refractivity contribution is 8.93. The van der Waals surface area contributed by atoms with E-state index in [-0.39, 0.29) is 17.0 Å². The van der Waals surface area contributed by atoms with Gasteiger partial charge in [-0.05, 0) is 18.0 Å². The normalized spacial score (nSPS) is 11.8. The Morgan fingerprint density at radius 3 is 2.27 bits per heavy atom. The van der Waals surface area contributed by atoms with Crippen molar-refractivity contribution in [3.8, 4) is 0 Å². The van der Waals surface area contributed by atoms with Gasteiger partial charge in [0.1, 0.15) is 0 Å². The van der Waals surface area contributed by atoms with Crippen LogP contribution in [0.5, 0.6) is 0 Å². The van der Waals surface area contributed by atoms with Gasteiger partial charge in [-0.3, -0.25) is 0 Å². The first-order valence-corrected chi connectivity index (χ1v) is 3.59. The smallest absolute Gasteiger partial charge is 0.00109 e. The minimum atomic E-state index is 0. The maximum atomic E-state index is 5.50. The van der Waals surface area contributed by atoms with Gasteiger partial charge in [-0.25, -0.2) is 0 Å². The molecule has 2 heteroatoms. The molecular formula is C9H14BrN. The third kappa shape index (κ3) is 3.04. The predicted molar refractivity (Wildman–Crippen MR) is 54.2 cm³/mol. The first kappa shape index (κ1) is 10.7. The van der Waals surface area contributed by atoms with E-state index in [0.717, 1.165) is 6.54 Å². The minimum absolute atomic E-state index is 0. The lowest BCUT2D eigenvalue weighted by molar-refractivity contribution is 0.774. The molecule has 62 valence electrons. The van der Waals surface area contributed by atoms with Gasteiger partial charge in [0.25, 0.3) is 0 Å². The number of hydrogen-bond acceptors (Lipinski definition) is 1. The third-order valence-corrected chi connectivity index (χ3v) is 1.72. The Morgan fingerprint density at radius 1 is 1.27 bits per heavy atom. The van der Waals surface area contributed by atoms with Crippen LogP contribution >= 0.6 is 17.0 Å². The fraction of sp³-hybridized carbons (Fsp3) is 0.333. The third-order valence-electron chi connectivity index (χ3n) is 1.72. The summed E-state index contributed by atoms with van der Waals surface area (Å²) >= 11 is 0. The van der Waals surface area contributed by atoms with Crippen molar-refractivity contribution in [1.29, 1.82) is 0 Å². The Bertz CT molecular complexity index is 186. The molecular weight excluding hydrogens is 202 g/mol. The largest absolute Gasteiger partial charge is 0.330 e. The molecule has 0 heterocycles. The standard InChI is InChI=1S/C9H13N.BrH/c1-8(7-10)9-5-3-2-4-6-9;/h2-6,8H,7,10H2,1H3;1H. The highest BCUT2D eigenvalue weighted by Gasteiger charge is 1.99. The number of nitrogens with two attached hydrogens (primary N) is 1. The molecule has 0 amide bonds. The molecule has 1 aromatic carbocycles. The van der Waals surface area contributed by atoms with Gasteiger partial charge in [0.05, 0.1) is 0 Å². The van der Waals surface area contributed by atoms with Crippen molar-refractivity contribution in [2.45, 2.75) is 12.8 Å². The first-order chi connectivity index (χ1) is 4.84. The molecule has 2 N–H and O–H groups in total. The van der Waals surface area contributed by atoms with Crippen molar-refractivity contribution < 1.29 is 0 Å². The van der Waals surface area contributed by atoms with E-state index in [0.29, 0.717) is 5.92 Å². The first-order valence-electron chi connectivity index (χ1n) is 3.59. The van der Waals surface area contributed by atoms with Gasteiger partial charge < -0.3 is 5.73 Å². The molecule has 1 nitrogen and oxygen atoms in total. The Morgan fingerprint density at radius 2 is 1.82 bits per heavy atom. The zero-order valence-electron chi connectivity index (χ0n) is 6.66. The average molecular weight is 216 g/mol. The second kappa shape index (κ2) is 5.33. The molecule has 1 rings (SSSR count). The van der Waals surface area contributed by atoms with Crippen molar-refractivity contribution in [2.75, 3.05) is 6.54 Å². The summed E-state index contributed by atoms with van der Waals surface area (Å²) in [5, 5.41) is 0. The molecule has 0 aromatic heterocycles. The number of halogens is 1. The van der Waals surface area contributed by atoms with E-state index in [4.69, 9.17) is 5.73 Å². The molecule has 0 aliphatic heterocycles. The van der Waals surface area contributed by atoms with E-state index in [1.54, 1.807) is 0 Å². The van der Waals surface area contributed by atoms with Gasteiger partial charge in [-0.2, -0.15) is 0 Å². The van der Waals surface area contributed by atoms with Crippen LogP contribution in [0.2, 0.25) is 0 Å². The van der Waals surface area contributed by atoms with Gasteiger partial charge in [0.2, 0.25) is 0 Å². The number of rotatable bonds is 2. The molecule has 1 aromatic rings. The van der Waals surface area contributed by atoms with Gasteiger partial charge in [-0.1, -0.05) is 37.3 Å². The molecule has 0 bridgehead atoms. The second-order valence-electron chi connectivity index (χ2n) is 2.55. The van der Waals surface area contributed by atoms with Gasteiger partial charge in [-0.15, -0.1) is 17.0 Å². The molecule has 0 spiro atoms. The Kier molecular flexibility index (Phi) is 5.16. The fourth-order valence-electron chi connectivity index (χ4n) is 0.918. The second-order valence-corrected chi connectivity index (χ2v) is 2.55. The Balaban J connectivity index is 0.000001000. The zero-order valence-corrected chi connectivity index (χ0v) is 8.37. The summed E-state index contributed by atoms with van der Waals surface area (Å²) in [4.78, 5) is 0. The fourth-order valence-corrected chi connectivity index (χ4v) is 0.918. The van der Waals surface area contributed by atoms with Crippen molar-refractivity contribution in [2.24, 2.45) is 5.73 Å². The quantitative estimate of drug-likeness (QED) is 0.806. The maximum absolute atomic E-state index is 5.50. The van der Waals surface area contributed by atoms with Crippen LogP contribution in [0.15, 0.2) is 30.3 Å². The van der Waals surface area contributed by atoms with Crippen molar-refractivity contribution in [1.82, 2.24) is 0 Å². The van der Waals surface area contributed by atoms with Crippen LogP contribution in [-0.2, 0) is 0 Å². The van der Waals surface area contributed by atoms with E-state index >= 15 is 0 Å². The van der Waals surface area contributed by atoms with Crippen LogP contribution in [-0.4, -0.2) is 6.54 Å². The SMILES string of the molecule is Br.CC(CN)c1ccccc1. The summed E-state index contributed by atoms with van der Waals surface area (Å²) in [5.74, 6) is 0.487. The van der Waals surface area contributed by atoms with Gasteiger partial charge in [0.15, 0.2) is 0 Å². The van der Waals surface area contributed by atoms with Crippen LogP contribution in [0.4, 0.5) is 0 Å². The monoisotopic (exact) mass is 215 g/mol. The topological polar surface area (TPSA) is 26.0 Å². The summed E-state index contributed by atoms with van der Waals surface area (Å²) in [6.07, 6.45) is 0. The van der Waals surface area contributed by atoms with Crippen molar-refractivity contribution >= 4 is 17.0 Å². The summed E-state index contributed by atoms with van der Waals surface area (Å²) in [7, 11) is 0. The van der Waals surface area contributed by atoms with Crippen molar-refractivity contribution in [3.63, 3.8) is 0 Å². The van der Waals surface area contributed by atoms with Gasteiger partial charge >= 0.3 is 0 Å². The maximum Gasteiger partial charge on any atom is -0.00109 e. The highest BCUT2D eigenvalue weighted by Crippen LogP contribution is 2.11. The van der Waals surface area contributed by atoms with Crippen LogP contribution in [0, 0.1) is 0 Å². The lowest BCUT2D eigenvalue weighted by Gasteiger charge is -2.06. The minimum Gasteiger partial charge on any atom is -0.330 e. The molecule has 1 atom stereocenters. The van der Waals surface area contributed by atoms with Crippen LogP contribution < -0.4 is 5.73 Å². The molecule has 0 saturated heterocycles. The van der Waals surface area contributed by atoms with E-state index in [9.17, 15) is 0 Å². The van der Waals surface area contributed by atoms with Gasteiger partial charge in [0, 0.05) is 0 Å². The molecule has 0 saturated carbocycles. The number of hydrogen-bond donors (Lipinski definition) is 1. The lowest BCUT2D eigenvalue weighted by Crippen LogP contribution is -2.08. The Labute approximate surface area is 78.4 Å². The van der Waals surface area contributed by atoms with E-state index < -0.39 is 0 Å². The predicted octanol–water partition coefficient (Wildman–Crippen LogP) is 2.33. The summed E-state index contributed by atoms with van der Waals surface area (Å²) in [5.41, 5.74) is 6.83. The van der Waals surface area contributed by atoms with Crippen LogP contribution in [0.25, 0.3) is 0 Å². The lowest BCUT2D eigenvalue weighted by atomic mass is 10.0. The van der Waals surface area contributed by atoms with Crippen LogP contribution in [0.1, 0.15) is 18.4 Å². The van der Waals surface area contributed by atoms with Crippen LogP contribution in [0.3, 0.4) is 0 Å². The summed E-state index contributed by atoms with van der Waals surface area (Å²) in [6, 6.07) is 10.3. The molecule has 0 fully saturated rings. The molecule has 11 heavy (non-hydrogen) atoms. The molecule has 0 aliphatic rings. The van der Waals surface area contributed by atoms with E-state index in [1.165, 1.54) is 5.56 Å². The summed E-state index contributed by atoms with van der Waals surface area (Å²) < 4.78 is 0. The zero-order chi connectivity index (χ0) is 7.40. The molecule has 1 unspecified atom stereocenters. The van der Waals surface area contributed by atoms with Crippen molar-refractivity contribution in [3.05, 3.63) is 35.9 Å². The van der Waals surface area contributed by atoms with E-state index in [1.807, 2.05) is 18.2 Å². The van der Waals surface area contributed by atoms with E-state index in [2.05, 4.69) is 19.1 Å². The molecule has 0 radical (unpaired) electrons. The summed E-state index contributed by atoms with van der Waals surface area (Å²) in [6.45, 7) is 2.86.